The first-order valence-corrected chi connectivity index (χ1v) is 11.5. The average Bonchev–Trinajstić information content (AvgIpc) is 3.10. The van der Waals surface area contributed by atoms with E-state index in [9.17, 15) is 0 Å². The molecule has 8 heteroatoms. The molecule has 1 aliphatic heterocycles. The van der Waals surface area contributed by atoms with Gasteiger partial charge in [-0.05, 0) is 71.7 Å². The van der Waals surface area contributed by atoms with Crippen LogP contribution in [0.25, 0.3) is 22.5 Å². The van der Waals surface area contributed by atoms with Gasteiger partial charge in [0.05, 0.1) is 5.69 Å². The molecule has 3 heterocycles. The molecule has 1 aliphatic rings. The van der Waals surface area contributed by atoms with E-state index in [1.807, 2.05) is 44.4 Å². The molecule has 32 heavy (non-hydrogen) atoms. The average molecular weight is 455 g/mol. The quantitative estimate of drug-likeness (QED) is 0.573. The summed E-state index contributed by atoms with van der Waals surface area (Å²) in [6, 6.07) is 10.1. The Bertz CT molecular complexity index is 1020. The number of nitrogens with zero attached hydrogens (tertiary/aromatic N) is 5. The van der Waals surface area contributed by atoms with Crippen LogP contribution in [0.4, 0.5) is 0 Å². The molecule has 0 bridgehead atoms. The van der Waals surface area contributed by atoms with Crippen LogP contribution in [-0.4, -0.2) is 77.3 Å². The normalized spacial score (nSPS) is 17.5. The molecule has 170 valence electrons. The van der Waals surface area contributed by atoms with Crippen molar-refractivity contribution in [3.05, 3.63) is 47.2 Å². The summed E-state index contributed by atoms with van der Waals surface area (Å²) >= 11 is 6.13. The monoisotopic (exact) mass is 454 g/mol. The van der Waals surface area contributed by atoms with Gasteiger partial charge in [-0.15, -0.1) is 0 Å². The second-order valence-corrected chi connectivity index (χ2v) is 9.11. The predicted octanol–water partition coefficient (Wildman–Crippen LogP) is 4.33. The van der Waals surface area contributed by atoms with E-state index in [2.05, 4.69) is 26.9 Å². The Morgan fingerprint density at radius 3 is 2.75 bits per heavy atom. The van der Waals surface area contributed by atoms with E-state index in [-0.39, 0.29) is 0 Å². The zero-order valence-corrected chi connectivity index (χ0v) is 19.8. The van der Waals surface area contributed by atoms with Crippen molar-refractivity contribution in [1.82, 2.24) is 30.0 Å². The lowest BCUT2D eigenvalue weighted by molar-refractivity contribution is 0.245. The molecule has 7 nitrogen and oxygen atoms in total. The number of likely N-dealkylation sites (N-methyl/N-ethyl adjacent to an activating group) is 1. The van der Waals surface area contributed by atoms with Crippen molar-refractivity contribution >= 4 is 11.6 Å². The topological polar surface area (TPSA) is 70.2 Å². The van der Waals surface area contributed by atoms with Gasteiger partial charge in [0.2, 0.25) is 0 Å². The highest BCUT2D eigenvalue weighted by Crippen LogP contribution is 2.39. The Hall–Kier alpha value is -2.48. The minimum Gasteiger partial charge on any atom is -0.462 e. The molecule has 0 spiro atoms. The van der Waals surface area contributed by atoms with Crippen molar-refractivity contribution in [2.45, 2.75) is 25.2 Å². The van der Waals surface area contributed by atoms with Gasteiger partial charge in [0.15, 0.2) is 0 Å². The first kappa shape index (κ1) is 22.7. The molecule has 1 saturated heterocycles. The number of nitrogens with one attached hydrogen (secondary N) is 1. The number of halogens is 1. The van der Waals surface area contributed by atoms with Gasteiger partial charge in [0.25, 0.3) is 0 Å². The number of benzene rings is 1. The summed E-state index contributed by atoms with van der Waals surface area (Å²) < 4.78 is 5.82. The third kappa shape index (κ3) is 5.46. The summed E-state index contributed by atoms with van der Waals surface area (Å²) in [6.45, 7) is 3.54. The van der Waals surface area contributed by atoms with E-state index in [1.165, 1.54) is 6.42 Å². The maximum Gasteiger partial charge on any atom is 0.316 e. The fraction of sp³-hybridized carbons (Fsp3) is 0.458. The lowest BCUT2D eigenvalue weighted by Gasteiger charge is -2.16. The van der Waals surface area contributed by atoms with Crippen LogP contribution in [0.3, 0.4) is 0 Å². The van der Waals surface area contributed by atoms with E-state index in [4.69, 9.17) is 26.4 Å². The summed E-state index contributed by atoms with van der Waals surface area (Å²) in [5.74, 6) is 0.400. The van der Waals surface area contributed by atoms with Gasteiger partial charge in [0.1, 0.15) is 12.3 Å². The lowest BCUT2D eigenvalue weighted by Crippen LogP contribution is -2.20. The summed E-state index contributed by atoms with van der Waals surface area (Å²) in [6.07, 6.45) is 5.13. The highest BCUT2D eigenvalue weighted by Gasteiger charge is 2.26. The smallest absolute Gasteiger partial charge is 0.316 e. The molecular weight excluding hydrogens is 424 g/mol. The third-order valence-corrected chi connectivity index (χ3v) is 6.18. The van der Waals surface area contributed by atoms with Crippen LogP contribution < -0.4 is 4.74 Å². The van der Waals surface area contributed by atoms with Gasteiger partial charge in [-0.25, -0.2) is 4.98 Å². The van der Waals surface area contributed by atoms with Crippen LogP contribution in [0.15, 0.2) is 36.5 Å². The molecule has 1 N–H and O–H groups in total. The first-order chi connectivity index (χ1) is 15.5. The minimum atomic E-state index is 0.388. The standard InChI is InChI=1S/C24H31ClN6O/c1-30(2)15-16-32-24-26-12-10-20(27-24)21-22(17-5-4-13-31(3)14-11-17)28-29-23(21)18-6-8-19(25)9-7-18/h6-10,12,17H,4-5,11,13-16H2,1-3H3,(H,28,29). The zero-order chi connectivity index (χ0) is 22.5. The largest absolute Gasteiger partial charge is 0.462 e. The third-order valence-electron chi connectivity index (χ3n) is 5.93. The van der Waals surface area contributed by atoms with E-state index in [0.717, 1.165) is 60.7 Å². The van der Waals surface area contributed by atoms with Crippen LogP contribution >= 0.6 is 11.6 Å². The maximum atomic E-state index is 6.13. The minimum absolute atomic E-state index is 0.388. The molecule has 0 saturated carbocycles. The molecule has 4 rings (SSSR count). The molecular formula is C24H31ClN6O. The number of likely N-dealkylation sites (tertiary alicyclic amines) is 1. The Morgan fingerprint density at radius 2 is 1.97 bits per heavy atom. The zero-order valence-electron chi connectivity index (χ0n) is 19.0. The molecule has 0 aliphatic carbocycles. The Kier molecular flexibility index (Phi) is 7.40. The second-order valence-electron chi connectivity index (χ2n) is 8.68. The van der Waals surface area contributed by atoms with Crippen LogP contribution in [0, 0.1) is 0 Å². The highest BCUT2D eigenvalue weighted by atomic mass is 35.5. The molecule has 1 atom stereocenters. The van der Waals surface area contributed by atoms with Gasteiger partial charge in [-0.2, -0.15) is 10.1 Å². The van der Waals surface area contributed by atoms with E-state index < -0.39 is 0 Å². The van der Waals surface area contributed by atoms with Crippen molar-refractivity contribution in [2.24, 2.45) is 0 Å². The van der Waals surface area contributed by atoms with Crippen LogP contribution in [0.5, 0.6) is 6.01 Å². The van der Waals surface area contributed by atoms with Crippen molar-refractivity contribution in [2.75, 3.05) is 47.4 Å². The number of aromatic nitrogens is 4. The Balaban J connectivity index is 1.73. The molecule has 1 aromatic carbocycles. The SMILES string of the molecule is CN(C)CCOc1nccc(-c2c(-c3ccc(Cl)cc3)n[nH]c2C2CCCN(C)CC2)n1. The summed E-state index contributed by atoms with van der Waals surface area (Å²) in [7, 11) is 6.22. The van der Waals surface area contributed by atoms with Crippen LogP contribution in [0.1, 0.15) is 30.9 Å². The van der Waals surface area contributed by atoms with E-state index in [0.29, 0.717) is 23.6 Å². The van der Waals surface area contributed by atoms with Crippen LogP contribution in [-0.2, 0) is 0 Å². The van der Waals surface area contributed by atoms with Gasteiger partial charge in [0, 0.05) is 40.5 Å². The molecule has 0 amide bonds. The molecule has 3 aromatic rings. The van der Waals surface area contributed by atoms with E-state index >= 15 is 0 Å². The van der Waals surface area contributed by atoms with Crippen molar-refractivity contribution in [3.8, 4) is 28.5 Å². The number of hydrogen-bond acceptors (Lipinski definition) is 6. The number of H-pyrrole nitrogens is 1. The van der Waals surface area contributed by atoms with Gasteiger partial charge in [-0.3, -0.25) is 5.10 Å². The number of hydrogen-bond donors (Lipinski definition) is 1. The van der Waals surface area contributed by atoms with Crippen molar-refractivity contribution < 1.29 is 4.74 Å². The van der Waals surface area contributed by atoms with Gasteiger partial charge < -0.3 is 14.5 Å². The molecule has 1 fully saturated rings. The van der Waals surface area contributed by atoms with Gasteiger partial charge in [-0.1, -0.05) is 23.7 Å². The molecule has 0 radical (unpaired) electrons. The Labute approximate surface area is 194 Å². The molecule has 2 aromatic heterocycles. The van der Waals surface area contributed by atoms with Crippen molar-refractivity contribution in [3.63, 3.8) is 0 Å². The summed E-state index contributed by atoms with van der Waals surface area (Å²) in [4.78, 5) is 13.6. The first-order valence-electron chi connectivity index (χ1n) is 11.1. The predicted molar refractivity (Wildman–Crippen MR) is 128 cm³/mol. The molecule has 1 unspecified atom stereocenters. The van der Waals surface area contributed by atoms with E-state index in [1.54, 1.807) is 6.20 Å². The Morgan fingerprint density at radius 1 is 1.16 bits per heavy atom. The number of ether oxygens (including phenoxy) is 1. The summed E-state index contributed by atoms with van der Waals surface area (Å²) in [5, 5.41) is 8.81. The van der Waals surface area contributed by atoms with Crippen LogP contribution in [0.2, 0.25) is 5.02 Å². The fourth-order valence-electron chi connectivity index (χ4n) is 4.12. The number of aromatic amines is 1. The fourth-order valence-corrected chi connectivity index (χ4v) is 4.25. The number of rotatable bonds is 7. The lowest BCUT2D eigenvalue weighted by atomic mass is 9.91. The maximum absolute atomic E-state index is 6.13. The van der Waals surface area contributed by atoms with Gasteiger partial charge >= 0.3 is 6.01 Å². The van der Waals surface area contributed by atoms with Crippen molar-refractivity contribution in [1.29, 1.82) is 0 Å². The summed E-state index contributed by atoms with van der Waals surface area (Å²) in [5.41, 5.74) is 4.88. The highest BCUT2D eigenvalue weighted by molar-refractivity contribution is 6.30. The second kappa shape index (κ2) is 10.4.